The number of rotatable bonds is 1. The first-order valence-corrected chi connectivity index (χ1v) is 6.64. The number of anilines is 1. The van der Waals surface area contributed by atoms with Crippen LogP contribution in [0.5, 0.6) is 0 Å². The normalized spacial score (nSPS) is 39.4. The fraction of sp³-hybridized carbons (Fsp3) is 0.692. The Hall–Kier alpha value is -1.16. The van der Waals surface area contributed by atoms with Crippen molar-refractivity contribution >= 4 is 5.82 Å². The van der Waals surface area contributed by atoms with E-state index in [1.807, 2.05) is 6.20 Å². The summed E-state index contributed by atoms with van der Waals surface area (Å²) < 4.78 is 0. The molecule has 0 N–H and O–H groups in total. The quantitative estimate of drug-likeness (QED) is 0.724. The van der Waals surface area contributed by atoms with Crippen molar-refractivity contribution in [2.24, 2.45) is 5.92 Å². The highest BCUT2D eigenvalue weighted by Crippen LogP contribution is 2.48. The predicted molar refractivity (Wildman–Crippen MR) is 65.9 cm³/mol. The van der Waals surface area contributed by atoms with Gasteiger partial charge < -0.3 is 4.90 Å². The Morgan fingerprint density at radius 1 is 1.18 bits per heavy atom. The molecule has 4 nitrogen and oxygen atoms in total. The summed E-state index contributed by atoms with van der Waals surface area (Å²) in [7, 11) is 0. The predicted octanol–water partition coefficient (Wildman–Crippen LogP) is 1.15. The minimum atomic E-state index is 0.484. The number of hydrogen-bond donors (Lipinski definition) is 0. The van der Waals surface area contributed by atoms with E-state index in [2.05, 4.69) is 19.8 Å². The Morgan fingerprint density at radius 3 is 2.71 bits per heavy atom. The smallest absolute Gasteiger partial charge is 0.147 e. The molecule has 0 aromatic carbocycles. The minimum absolute atomic E-state index is 0.484. The van der Waals surface area contributed by atoms with E-state index in [1.54, 1.807) is 12.4 Å². The Kier molecular flexibility index (Phi) is 1.98. The monoisotopic (exact) mass is 230 g/mol. The van der Waals surface area contributed by atoms with Gasteiger partial charge in [-0.2, -0.15) is 0 Å². The van der Waals surface area contributed by atoms with E-state index in [-0.39, 0.29) is 0 Å². The standard InChI is InChI=1S/C13H18N4/c1-6-17-7-2-11(1)13(17)3-8-16(10-13)12-9-14-4-5-15-12/h4-5,9,11H,1-3,6-8,10H2. The summed E-state index contributed by atoms with van der Waals surface area (Å²) in [6, 6.07) is 0. The average Bonchev–Trinajstić information content (AvgIpc) is 3.08. The van der Waals surface area contributed by atoms with Crippen LogP contribution in [0.3, 0.4) is 0 Å². The van der Waals surface area contributed by atoms with Crippen LogP contribution in [0.2, 0.25) is 0 Å². The van der Waals surface area contributed by atoms with E-state index >= 15 is 0 Å². The Morgan fingerprint density at radius 2 is 2.06 bits per heavy atom. The number of nitrogens with zero attached hydrogens (tertiary/aromatic N) is 4. The summed E-state index contributed by atoms with van der Waals surface area (Å²) in [5, 5.41) is 0. The SMILES string of the molecule is c1cnc(N2CCC3(C2)C2CCN3CC2)cn1. The molecule has 3 fully saturated rings. The van der Waals surface area contributed by atoms with Crippen LogP contribution in [0, 0.1) is 5.92 Å². The van der Waals surface area contributed by atoms with Gasteiger partial charge in [-0.05, 0) is 38.3 Å². The molecule has 2 bridgehead atoms. The zero-order valence-electron chi connectivity index (χ0n) is 10.0. The molecule has 1 aromatic rings. The molecular weight excluding hydrogens is 212 g/mol. The van der Waals surface area contributed by atoms with E-state index in [4.69, 9.17) is 0 Å². The Balaban J connectivity index is 1.61. The molecule has 4 rings (SSSR count). The van der Waals surface area contributed by atoms with Gasteiger partial charge in [-0.15, -0.1) is 0 Å². The molecule has 17 heavy (non-hydrogen) atoms. The zero-order chi connectivity index (χ0) is 11.3. The van der Waals surface area contributed by atoms with Crippen molar-refractivity contribution in [1.82, 2.24) is 14.9 Å². The molecule has 3 saturated heterocycles. The highest BCUT2D eigenvalue weighted by molar-refractivity contribution is 5.39. The molecule has 4 heteroatoms. The molecule has 4 heterocycles. The van der Waals surface area contributed by atoms with Gasteiger partial charge in [-0.1, -0.05) is 0 Å². The summed E-state index contributed by atoms with van der Waals surface area (Å²) >= 11 is 0. The number of aromatic nitrogens is 2. The van der Waals surface area contributed by atoms with E-state index in [0.29, 0.717) is 5.54 Å². The molecular formula is C13H18N4. The van der Waals surface area contributed by atoms with Gasteiger partial charge in [-0.3, -0.25) is 9.88 Å². The van der Waals surface area contributed by atoms with Crippen LogP contribution < -0.4 is 4.90 Å². The third-order valence-corrected chi connectivity index (χ3v) is 5.04. The van der Waals surface area contributed by atoms with Crippen LogP contribution in [0.25, 0.3) is 0 Å². The summed E-state index contributed by atoms with van der Waals surface area (Å²) in [6.07, 6.45) is 9.57. The van der Waals surface area contributed by atoms with E-state index < -0.39 is 0 Å². The van der Waals surface area contributed by atoms with Gasteiger partial charge in [0.2, 0.25) is 0 Å². The van der Waals surface area contributed by atoms with Gasteiger partial charge in [0.1, 0.15) is 5.82 Å². The maximum absolute atomic E-state index is 4.43. The van der Waals surface area contributed by atoms with Crippen molar-refractivity contribution in [2.45, 2.75) is 24.8 Å². The third kappa shape index (κ3) is 1.27. The fourth-order valence-corrected chi connectivity index (χ4v) is 4.18. The average molecular weight is 230 g/mol. The van der Waals surface area contributed by atoms with Crippen LogP contribution in [-0.4, -0.2) is 46.6 Å². The molecule has 0 radical (unpaired) electrons. The maximum atomic E-state index is 4.43. The van der Waals surface area contributed by atoms with Gasteiger partial charge in [0, 0.05) is 31.0 Å². The lowest BCUT2D eigenvalue weighted by molar-refractivity contribution is 0.194. The molecule has 1 atom stereocenters. The highest BCUT2D eigenvalue weighted by Gasteiger charge is 2.55. The lowest BCUT2D eigenvalue weighted by atomic mass is 9.85. The van der Waals surface area contributed by atoms with Gasteiger partial charge >= 0.3 is 0 Å². The van der Waals surface area contributed by atoms with Crippen LogP contribution in [-0.2, 0) is 0 Å². The number of piperidine rings is 1. The Labute approximate surface area is 102 Å². The summed E-state index contributed by atoms with van der Waals surface area (Å²) in [4.78, 5) is 13.8. The van der Waals surface area contributed by atoms with Gasteiger partial charge in [0.25, 0.3) is 0 Å². The molecule has 1 spiro atoms. The van der Waals surface area contributed by atoms with Gasteiger partial charge in [0.05, 0.1) is 6.20 Å². The Bertz CT molecular complexity index is 399. The van der Waals surface area contributed by atoms with Crippen molar-refractivity contribution in [3.05, 3.63) is 18.6 Å². The largest absolute Gasteiger partial charge is 0.353 e. The lowest BCUT2D eigenvalue weighted by Gasteiger charge is -2.31. The third-order valence-electron chi connectivity index (χ3n) is 5.04. The van der Waals surface area contributed by atoms with Crippen molar-refractivity contribution < 1.29 is 0 Å². The van der Waals surface area contributed by atoms with Crippen molar-refractivity contribution in [2.75, 3.05) is 31.1 Å². The van der Waals surface area contributed by atoms with Crippen LogP contribution in [0.1, 0.15) is 19.3 Å². The van der Waals surface area contributed by atoms with Crippen molar-refractivity contribution in [3.8, 4) is 0 Å². The van der Waals surface area contributed by atoms with Crippen molar-refractivity contribution in [1.29, 1.82) is 0 Å². The van der Waals surface area contributed by atoms with Crippen LogP contribution >= 0.6 is 0 Å². The van der Waals surface area contributed by atoms with Crippen LogP contribution in [0.4, 0.5) is 5.82 Å². The second-order valence-corrected chi connectivity index (χ2v) is 5.60. The summed E-state index contributed by atoms with van der Waals surface area (Å²) in [6.45, 7) is 4.94. The second kappa shape index (κ2) is 3.42. The molecule has 3 aliphatic heterocycles. The first-order chi connectivity index (χ1) is 8.38. The second-order valence-electron chi connectivity index (χ2n) is 5.60. The van der Waals surface area contributed by atoms with Gasteiger partial charge in [0.15, 0.2) is 0 Å². The zero-order valence-corrected chi connectivity index (χ0v) is 10.0. The van der Waals surface area contributed by atoms with E-state index in [9.17, 15) is 0 Å². The van der Waals surface area contributed by atoms with E-state index in [1.165, 1.54) is 32.4 Å². The molecule has 1 unspecified atom stereocenters. The summed E-state index contributed by atoms with van der Waals surface area (Å²) in [5.41, 5.74) is 0.484. The molecule has 0 saturated carbocycles. The van der Waals surface area contributed by atoms with Crippen molar-refractivity contribution in [3.63, 3.8) is 0 Å². The lowest BCUT2D eigenvalue weighted by Crippen LogP contribution is -2.44. The molecule has 90 valence electrons. The van der Waals surface area contributed by atoms with Crippen LogP contribution in [0.15, 0.2) is 18.6 Å². The first-order valence-electron chi connectivity index (χ1n) is 6.64. The molecule has 0 amide bonds. The minimum Gasteiger partial charge on any atom is -0.353 e. The number of hydrogen-bond acceptors (Lipinski definition) is 4. The topological polar surface area (TPSA) is 32.3 Å². The molecule has 3 aliphatic rings. The highest BCUT2D eigenvalue weighted by atomic mass is 15.3. The maximum Gasteiger partial charge on any atom is 0.147 e. The summed E-state index contributed by atoms with van der Waals surface area (Å²) in [5.74, 6) is 1.99. The molecule has 0 aliphatic carbocycles. The molecule has 1 aromatic heterocycles. The fourth-order valence-electron chi connectivity index (χ4n) is 4.18. The first kappa shape index (κ1) is 9.83. The van der Waals surface area contributed by atoms with Gasteiger partial charge in [-0.25, -0.2) is 4.98 Å². The van der Waals surface area contributed by atoms with E-state index in [0.717, 1.165) is 24.8 Å².